The van der Waals surface area contributed by atoms with Crippen LogP contribution in [0, 0.1) is 12.8 Å². The first kappa shape index (κ1) is 13.7. The topological polar surface area (TPSA) is 24.9 Å². The molecule has 0 amide bonds. The number of aryl methyl sites for hydroxylation is 1. The molecule has 1 aromatic heterocycles. The minimum Gasteiger partial charge on any atom is -0.317 e. The molecule has 0 saturated heterocycles. The van der Waals surface area contributed by atoms with E-state index >= 15 is 0 Å². The summed E-state index contributed by atoms with van der Waals surface area (Å²) in [7, 11) is 2.06. The van der Waals surface area contributed by atoms with E-state index in [-0.39, 0.29) is 0 Å². The van der Waals surface area contributed by atoms with Crippen LogP contribution < -0.4 is 5.32 Å². The van der Waals surface area contributed by atoms with Crippen LogP contribution in [0.3, 0.4) is 0 Å². The van der Waals surface area contributed by atoms with Crippen LogP contribution in [0.25, 0.3) is 0 Å². The van der Waals surface area contributed by atoms with Gasteiger partial charge in [-0.25, -0.2) is 4.98 Å². The standard InChI is InChI=1S/C13H24N2S/c1-5-11(6-2)7-12(14-4)8-13-15-10(3)9-16-13/h9,11-12,14H,5-8H2,1-4H3. The van der Waals surface area contributed by atoms with Crippen molar-refractivity contribution in [1.82, 2.24) is 10.3 Å². The van der Waals surface area contributed by atoms with Crippen LogP contribution in [0.4, 0.5) is 0 Å². The van der Waals surface area contributed by atoms with Crippen molar-refractivity contribution in [3.8, 4) is 0 Å². The summed E-state index contributed by atoms with van der Waals surface area (Å²) in [5, 5.41) is 6.83. The van der Waals surface area contributed by atoms with Crippen LogP contribution in [0.15, 0.2) is 5.38 Å². The molecule has 1 N–H and O–H groups in total. The Bertz CT molecular complexity index is 292. The Labute approximate surface area is 103 Å². The van der Waals surface area contributed by atoms with Crippen molar-refractivity contribution in [3.63, 3.8) is 0 Å². The third kappa shape index (κ3) is 4.22. The fraction of sp³-hybridized carbons (Fsp3) is 0.769. The monoisotopic (exact) mass is 240 g/mol. The maximum absolute atomic E-state index is 4.54. The predicted octanol–water partition coefficient (Wildman–Crippen LogP) is 3.41. The van der Waals surface area contributed by atoms with E-state index in [2.05, 4.69) is 43.5 Å². The van der Waals surface area contributed by atoms with Crippen molar-refractivity contribution >= 4 is 11.3 Å². The number of hydrogen-bond donors (Lipinski definition) is 1. The maximum Gasteiger partial charge on any atom is 0.0943 e. The van der Waals surface area contributed by atoms with Crippen molar-refractivity contribution in [1.29, 1.82) is 0 Å². The summed E-state index contributed by atoms with van der Waals surface area (Å²) < 4.78 is 0. The number of nitrogens with one attached hydrogen (secondary N) is 1. The van der Waals surface area contributed by atoms with Gasteiger partial charge in [-0.2, -0.15) is 0 Å². The Morgan fingerprint density at radius 3 is 2.50 bits per heavy atom. The molecule has 0 aliphatic heterocycles. The van der Waals surface area contributed by atoms with Gasteiger partial charge in [0.05, 0.1) is 5.01 Å². The summed E-state index contributed by atoms with van der Waals surface area (Å²) >= 11 is 1.78. The zero-order valence-electron chi connectivity index (χ0n) is 10.9. The molecule has 0 radical (unpaired) electrons. The lowest BCUT2D eigenvalue weighted by atomic mass is 9.93. The molecule has 16 heavy (non-hydrogen) atoms. The van der Waals surface area contributed by atoms with Crippen LogP contribution >= 0.6 is 11.3 Å². The van der Waals surface area contributed by atoms with Crippen LogP contribution in [0.5, 0.6) is 0 Å². The molecule has 0 fully saturated rings. The van der Waals surface area contributed by atoms with Gasteiger partial charge in [0, 0.05) is 23.5 Å². The summed E-state index contributed by atoms with van der Waals surface area (Å²) in [5.74, 6) is 0.846. The van der Waals surface area contributed by atoms with Crippen LogP contribution in [0.1, 0.15) is 43.8 Å². The SMILES string of the molecule is CCC(CC)CC(Cc1nc(C)cs1)NC. The number of thiazole rings is 1. The fourth-order valence-electron chi connectivity index (χ4n) is 2.03. The molecule has 1 atom stereocenters. The van der Waals surface area contributed by atoms with Gasteiger partial charge < -0.3 is 5.32 Å². The smallest absolute Gasteiger partial charge is 0.0943 e. The number of hydrogen-bond acceptors (Lipinski definition) is 3. The van der Waals surface area contributed by atoms with E-state index in [9.17, 15) is 0 Å². The Hall–Kier alpha value is -0.410. The van der Waals surface area contributed by atoms with E-state index < -0.39 is 0 Å². The Morgan fingerprint density at radius 1 is 1.38 bits per heavy atom. The molecule has 0 bridgehead atoms. The maximum atomic E-state index is 4.54. The largest absolute Gasteiger partial charge is 0.317 e. The molecule has 1 aromatic rings. The summed E-state index contributed by atoms with van der Waals surface area (Å²) in [6.45, 7) is 6.64. The molecular formula is C13H24N2S. The van der Waals surface area contributed by atoms with Crippen LogP contribution in [0.2, 0.25) is 0 Å². The minimum absolute atomic E-state index is 0.579. The van der Waals surface area contributed by atoms with E-state index in [0.717, 1.165) is 18.0 Å². The summed E-state index contributed by atoms with van der Waals surface area (Å²) in [6.07, 6.45) is 4.91. The van der Waals surface area contributed by atoms with Gasteiger partial charge in [-0.05, 0) is 26.3 Å². The summed E-state index contributed by atoms with van der Waals surface area (Å²) in [4.78, 5) is 4.54. The molecule has 0 spiro atoms. The van der Waals surface area contributed by atoms with Gasteiger partial charge in [0.1, 0.15) is 0 Å². The van der Waals surface area contributed by atoms with E-state index in [1.54, 1.807) is 11.3 Å². The highest BCUT2D eigenvalue weighted by Crippen LogP contribution is 2.18. The fourth-order valence-corrected chi connectivity index (χ4v) is 2.89. The summed E-state index contributed by atoms with van der Waals surface area (Å²) in [5.41, 5.74) is 1.15. The lowest BCUT2D eigenvalue weighted by Crippen LogP contribution is -2.29. The first-order chi connectivity index (χ1) is 7.69. The van der Waals surface area contributed by atoms with E-state index in [1.807, 2.05) is 0 Å². The van der Waals surface area contributed by atoms with E-state index in [1.165, 1.54) is 24.3 Å². The first-order valence-corrected chi connectivity index (χ1v) is 7.15. The van der Waals surface area contributed by atoms with Gasteiger partial charge in [0.15, 0.2) is 0 Å². The van der Waals surface area contributed by atoms with Crippen molar-refractivity contribution < 1.29 is 0 Å². The Kier molecular flexibility index (Phi) is 5.99. The highest BCUT2D eigenvalue weighted by Gasteiger charge is 2.14. The second kappa shape index (κ2) is 7.02. The highest BCUT2D eigenvalue weighted by molar-refractivity contribution is 7.09. The lowest BCUT2D eigenvalue weighted by Gasteiger charge is -2.20. The average molecular weight is 240 g/mol. The zero-order valence-corrected chi connectivity index (χ0v) is 11.7. The third-order valence-electron chi connectivity index (χ3n) is 3.27. The van der Waals surface area contributed by atoms with Crippen molar-refractivity contribution in [2.45, 2.75) is 52.5 Å². The molecule has 0 aliphatic carbocycles. The lowest BCUT2D eigenvalue weighted by molar-refractivity contribution is 0.377. The molecule has 0 aromatic carbocycles. The van der Waals surface area contributed by atoms with Gasteiger partial charge in [0.25, 0.3) is 0 Å². The van der Waals surface area contributed by atoms with Gasteiger partial charge in [-0.15, -0.1) is 11.3 Å². The van der Waals surface area contributed by atoms with Crippen LogP contribution in [-0.2, 0) is 6.42 Å². The molecular weight excluding hydrogens is 216 g/mol. The van der Waals surface area contributed by atoms with Gasteiger partial charge in [-0.1, -0.05) is 26.7 Å². The van der Waals surface area contributed by atoms with Crippen LogP contribution in [-0.4, -0.2) is 18.1 Å². The molecule has 0 aliphatic rings. The van der Waals surface area contributed by atoms with Gasteiger partial charge >= 0.3 is 0 Å². The molecule has 3 heteroatoms. The normalized spacial score (nSPS) is 13.3. The molecule has 1 rings (SSSR count). The number of rotatable bonds is 7. The second-order valence-corrected chi connectivity index (χ2v) is 5.43. The number of likely N-dealkylation sites (N-methyl/N-ethyl adjacent to an activating group) is 1. The third-order valence-corrected chi connectivity index (χ3v) is 4.26. The molecule has 1 unspecified atom stereocenters. The van der Waals surface area contributed by atoms with E-state index in [4.69, 9.17) is 0 Å². The Balaban J connectivity index is 2.48. The quantitative estimate of drug-likeness (QED) is 0.790. The van der Waals surface area contributed by atoms with Crippen molar-refractivity contribution in [2.24, 2.45) is 5.92 Å². The first-order valence-electron chi connectivity index (χ1n) is 6.27. The van der Waals surface area contributed by atoms with Crippen molar-refractivity contribution in [3.05, 3.63) is 16.1 Å². The minimum atomic E-state index is 0.579. The second-order valence-electron chi connectivity index (χ2n) is 4.49. The van der Waals surface area contributed by atoms with E-state index in [0.29, 0.717) is 6.04 Å². The zero-order chi connectivity index (χ0) is 12.0. The molecule has 2 nitrogen and oxygen atoms in total. The highest BCUT2D eigenvalue weighted by atomic mass is 32.1. The van der Waals surface area contributed by atoms with Crippen molar-refractivity contribution in [2.75, 3.05) is 7.05 Å². The van der Waals surface area contributed by atoms with Gasteiger partial charge in [0.2, 0.25) is 0 Å². The molecule has 1 heterocycles. The number of aromatic nitrogens is 1. The molecule has 92 valence electrons. The summed E-state index contributed by atoms with van der Waals surface area (Å²) in [6, 6.07) is 0.579. The molecule has 0 saturated carbocycles. The average Bonchev–Trinajstić information content (AvgIpc) is 2.70. The number of nitrogens with zero attached hydrogens (tertiary/aromatic N) is 1. The predicted molar refractivity (Wildman–Crippen MR) is 72.1 cm³/mol. The van der Waals surface area contributed by atoms with Gasteiger partial charge in [-0.3, -0.25) is 0 Å². The Morgan fingerprint density at radius 2 is 2.06 bits per heavy atom.